The Morgan fingerprint density at radius 2 is 2.05 bits per heavy atom. The summed E-state index contributed by atoms with van der Waals surface area (Å²) >= 11 is 1.38. The van der Waals surface area contributed by atoms with E-state index in [1.165, 1.54) is 11.3 Å². The molecule has 2 aliphatic rings. The van der Waals surface area contributed by atoms with Crippen molar-refractivity contribution >= 4 is 29.1 Å². The number of pyridine rings is 1. The predicted octanol–water partition coefficient (Wildman–Crippen LogP) is 3.13. The van der Waals surface area contributed by atoms with Crippen molar-refractivity contribution in [1.82, 2.24) is 25.1 Å². The average Bonchev–Trinajstić information content (AvgIpc) is 3.54. The molecule has 2 aromatic heterocycles. The van der Waals surface area contributed by atoms with Crippen LogP contribution in [0.2, 0.25) is 0 Å². The fourth-order valence-corrected chi connectivity index (χ4v) is 6.36. The molecule has 3 amide bonds. The number of rotatable bonds is 5. The van der Waals surface area contributed by atoms with Crippen LogP contribution in [0, 0.1) is 13.8 Å². The number of methoxy groups -OCH3 is 1. The van der Waals surface area contributed by atoms with E-state index in [1.807, 2.05) is 44.2 Å². The number of aromatic nitrogens is 2. The maximum Gasteiger partial charge on any atom is 0.265 e. The molecule has 216 valence electrons. The zero-order valence-corrected chi connectivity index (χ0v) is 24.4. The minimum absolute atomic E-state index is 0.0584. The predicted molar refractivity (Wildman–Crippen MR) is 154 cm³/mol. The molecule has 10 nitrogen and oxygen atoms in total. The zero-order chi connectivity index (χ0) is 28.9. The third-order valence-electron chi connectivity index (χ3n) is 7.53. The molecule has 0 radical (unpaired) electrons. The number of benzene rings is 1. The Hall–Kier alpha value is -3.99. The fourth-order valence-electron chi connectivity index (χ4n) is 5.47. The van der Waals surface area contributed by atoms with Crippen molar-refractivity contribution in [2.24, 2.45) is 0 Å². The molecule has 0 spiro atoms. The van der Waals surface area contributed by atoms with Crippen molar-refractivity contribution < 1.29 is 23.9 Å². The van der Waals surface area contributed by atoms with Gasteiger partial charge in [0.1, 0.15) is 4.88 Å². The third kappa shape index (κ3) is 6.67. The first kappa shape index (κ1) is 28.5. The van der Waals surface area contributed by atoms with Crippen LogP contribution in [0.3, 0.4) is 0 Å². The van der Waals surface area contributed by atoms with E-state index in [9.17, 15) is 14.4 Å². The van der Waals surface area contributed by atoms with Gasteiger partial charge in [-0.2, -0.15) is 0 Å². The van der Waals surface area contributed by atoms with E-state index >= 15 is 0 Å². The van der Waals surface area contributed by atoms with Gasteiger partial charge in [0.15, 0.2) is 11.5 Å². The largest absolute Gasteiger partial charge is 0.493 e. The van der Waals surface area contributed by atoms with Crippen molar-refractivity contribution in [3.8, 4) is 11.5 Å². The maximum atomic E-state index is 13.5. The molecule has 5 rings (SSSR count). The van der Waals surface area contributed by atoms with E-state index in [-0.39, 0.29) is 42.6 Å². The van der Waals surface area contributed by atoms with Crippen molar-refractivity contribution in [3.63, 3.8) is 0 Å². The number of thiazole rings is 1. The molecule has 1 fully saturated rings. The molecule has 0 aliphatic carbocycles. The highest BCUT2D eigenvalue weighted by molar-refractivity contribution is 7.13. The Labute approximate surface area is 243 Å². The molecule has 1 aromatic carbocycles. The van der Waals surface area contributed by atoms with E-state index in [1.54, 1.807) is 29.3 Å². The number of nitrogens with zero attached hydrogens (tertiary/aromatic N) is 4. The highest BCUT2D eigenvalue weighted by Crippen LogP contribution is 2.36. The summed E-state index contributed by atoms with van der Waals surface area (Å²) in [4.78, 5) is 52.6. The number of likely N-dealkylation sites (tertiary alicyclic amines) is 1. The Morgan fingerprint density at radius 1 is 1.20 bits per heavy atom. The van der Waals surface area contributed by atoms with Crippen molar-refractivity contribution in [2.45, 2.75) is 45.1 Å². The molecule has 3 aromatic rings. The van der Waals surface area contributed by atoms with Crippen molar-refractivity contribution in [2.75, 3.05) is 39.9 Å². The molecule has 2 aliphatic heterocycles. The minimum Gasteiger partial charge on any atom is -0.493 e. The second kappa shape index (κ2) is 12.7. The summed E-state index contributed by atoms with van der Waals surface area (Å²) < 4.78 is 11.6. The van der Waals surface area contributed by atoms with Crippen LogP contribution in [0.25, 0.3) is 0 Å². The standard InChI is InChI=1S/C30H35N5O5S/c1-19-29(41-20(2)32-19)30(38)35-16-23-22-8-9-25(39-3)26(14-22)40-13-5-12-34(18-27(36)33-24(23)17-35)28(37)10-7-21-6-4-11-31-15-21/h4,6,8-9,11,14-15,23-24H,5,7,10,12-13,16-18H2,1-3H3,(H,33,36)/t23-,24+/m1/s1. The molecule has 41 heavy (non-hydrogen) atoms. The second-order valence-corrected chi connectivity index (χ2v) is 11.6. The number of nitrogens with one attached hydrogen (secondary N) is 1. The fraction of sp³-hybridized carbons (Fsp3) is 0.433. The molecule has 0 saturated carbocycles. The van der Waals surface area contributed by atoms with Crippen LogP contribution in [0.1, 0.15) is 50.3 Å². The van der Waals surface area contributed by atoms with Crippen LogP contribution in [-0.4, -0.2) is 83.4 Å². The van der Waals surface area contributed by atoms with Gasteiger partial charge in [-0.15, -0.1) is 11.3 Å². The summed E-state index contributed by atoms with van der Waals surface area (Å²) in [6.07, 6.45) is 4.82. The minimum atomic E-state index is -0.338. The average molecular weight is 578 g/mol. The Balaban J connectivity index is 1.38. The van der Waals surface area contributed by atoms with Gasteiger partial charge in [-0.3, -0.25) is 19.4 Å². The van der Waals surface area contributed by atoms with E-state index < -0.39 is 0 Å². The van der Waals surface area contributed by atoms with E-state index in [2.05, 4.69) is 15.3 Å². The van der Waals surface area contributed by atoms with Crippen LogP contribution in [-0.2, 0) is 16.0 Å². The number of fused-ring (bicyclic) bond motifs is 4. The van der Waals surface area contributed by atoms with Gasteiger partial charge in [-0.05, 0) is 56.0 Å². The lowest BCUT2D eigenvalue weighted by atomic mass is 9.94. The Bertz CT molecular complexity index is 1410. The van der Waals surface area contributed by atoms with E-state index in [0.29, 0.717) is 61.2 Å². The van der Waals surface area contributed by atoms with Gasteiger partial charge < -0.3 is 24.6 Å². The van der Waals surface area contributed by atoms with Gasteiger partial charge in [0.05, 0.1) is 37.0 Å². The maximum absolute atomic E-state index is 13.5. The number of carbonyl (C=O) groups excluding carboxylic acids is 3. The number of carbonyl (C=O) groups is 3. The normalized spacial score (nSPS) is 19.2. The molecule has 0 unspecified atom stereocenters. The topological polar surface area (TPSA) is 114 Å². The summed E-state index contributed by atoms with van der Waals surface area (Å²) in [7, 11) is 1.59. The number of aryl methyl sites for hydroxylation is 3. The summed E-state index contributed by atoms with van der Waals surface area (Å²) in [6.45, 7) is 5.19. The van der Waals surface area contributed by atoms with Gasteiger partial charge in [0.2, 0.25) is 11.8 Å². The zero-order valence-electron chi connectivity index (χ0n) is 23.6. The van der Waals surface area contributed by atoms with Gasteiger partial charge in [-0.1, -0.05) is 12.1 Å². The third-order valence-corrected chi connectivity index (χ3v) is 8.60. The molecular weight excluding hydrogens is 542 g/mol. The first-order chi connectivity index (χ1) is 19.8. The summed E-state index contributed by atoms with van der Waals surface area (Å²) in [5.41, 5.74) is 2.63. The van der Waals surface area contributed by atoms with Gasteiger partial charge in [-0.25, -0.2) is 4.98 Å². The Kier molecular flexibility index (Phi) is 8.82. The first-order valence-electron chi connectivity index (χ1n) is 13.8. The van der Waals surface area contributed by atoms with Crippen LogP contribution in [0.5, 0.6) is 11.5 Å². The SMILES string of the molecule is COc1ccc2cc1OCCCN(C(=O)CCc1cccnc1)CC(=O)N[C@H]1CN(C(=O)c3sc(C)nc3C)C[C@H]21. The quantitative estimate of drug-likeness (QED) is 0.496. The van der Waals surface area contributed by atoms with Crippen LogP contribution < -0.4 is 14.8 Å². The molecule has 2 bridgehead atoms. The lowest BCUT2D eigenvalue weighted by Crippen LogP contribution is -2.47. The van der Waals surface area contributed by atoms with E-state index in [4.69, 9.17) is 9.47 Å². The first-order valence-corrected chi connectivity index (χ1v) is 14.6. The van der Waals surface area contributed by atoms with Crippen molar-refractivity contribution in [1.29, 1.82) is 0 Å². The summed E-state index contributed by atoms with van der Waals surface area (Å²) in [5, 5.41) is 3.99. The molecule has 2 atom stereocenters. The molecule has 1 saturated heterocycles. The smallest absolute Gasteiger partial charge is 0.265 e. The molecule has 11 heteroatoms. The molecule has 1 N–H and O–H groups in total. The van der Waals surface area contributed by atoms with Gasteiger partial charge in [0, 0.05) is 44.4 Å². The highest BCUT2D eigenvalue weighted by Gasteiger charge is 2.39. The summed E-state index contributed by atoms with van der Waals surface area (Å²) in [5.74, 6) is 0.600. The van der Waals surface area contributed by atoms with E-state index in [0.717, 1.165) is 16.1 Å². The van der Waals surface area contributed by atoms with Crippen LogP contribution >= 0.6 is 11.3 Å². The number of hydrogen-bond acceptors (Lipinski definition) is 8. The number of hydrogen-bond donors (Lipinski definition) is 1. The number of amides is 3. The second-order valence-electron chi connectivity index (χ2n) is 10.4. The van der Waals surface area contributed by atoms with Gasteiger partial charge >= 0.3 is 0 Å². The summed E-state index contributed by atoms with van der Waals surface area (Å²) in [6, 6.07) is 9.20. The number of ether oxygens (including phenoxy) is 2. The Morgan fingerprint density at radius 3 is 2.78 bits per heavy atom. The lowest BCUT2D eigenvalue weighted by molar-refractivity contribution is -0.136. The highest BCUT2D eigenvalue weighted by atomic mass is 32.1. The molecule has 4 heterocycles. The van der Waals surface area contributed by atoms with Crippen LogP contribution in [0.4, 0.5) is 0 Å². The monoisotopic (exact) mass is 577 g/mol. The van der Waals surface area contributed by atoms with Crippen molar-refractivity contribution in [3.05, 3.63) is 69.4 Å². The van der Waals surface area contributed by atoms with Gasteiger partial charge in [0.25, 0.3) is 5.91 Å². The molecular formula is C30H35N5O5S. The lowest BCUT2D eigenvalue weighted by Gasteiger charge is -2.24. The van der Waals surface area contributed by atoms with Crippen LogP contribution in [0.15, 0.2) is 42.7 Å².